The Morgan fingerprint density at radius 2 is 2.11 bits per heavy atom. The van der Waals surface area contributed by atoms with Gasteiger partial charge in [-0.25, -0.2) is 0 Å². The first-order chi connectivity index (χ1) is 8.69. The molecule has 0 spiro atoms. The predicted molar refractivity (Wildman–Crippen MR) is 71.7 cm³/mol. The molecule has 0 aliphatic carbocycles. The third-order valence-electron chi connectivity index (χ3n) is 3.00. The second kappa shape index (κ2) is 6.16. The molecule has 1 aliphatic rings. The van der Waals surface area contributed by atoms with Crippen LogP contribution in [-0.2, 0) is 15.5 Å². The van der Waals surface area contributed by atoms with Gasteiger partial charge >= 0.3 is 0 Å². The number of aliphatic hydroxyl groups excluding tert-OH is 1. The number of aryl methyl sites for hydroxylation is 1. The minimum Gasteiger partial charge on any atom is -0.497 e. The minimum atomic E-state index is -1.06. The topological polar surface area (TPSA) is 46.5 Å². The molecule has 2 atom stereocenters. The number of hydrogen-bond donors (Lipinski definition) is 1. The predicted octanol–water partition coefficient (Wildman–Crippen LogP) is 2.02. The lowest BCUT2D eigenvalue weighted by Crippen LogP contribution is -2.19. The third-order valence-corrected chi connectivity index (χ3v) is 4.34. The molecule has 1 N–H and O–H groups in total. The molecule has 4 heteroatoms. The number of hydrogen-bond acceptors (Lipinski definition) is 3. The number of rotatable bonds is 4. The van der Waals surface area contributed by atoms with E-state index in [4.69, 9.17) is 9.84 Å². The highest BCUT2D eigenvalue weighted by Crippen LogP contribution is 2.18. The summed E-state index contributed by atoms with van der Waals surface area (Å²) in [6.45, 7) is 2.67. The monoisotopic (exact) mass is 266 g/mol. The highest BCUT2D eigenvalue weighted by atomic mass is 32.2. The molecule has 3 nitrogen and oxygen atoms in total. The fraction of sp³-hybridized carbons (Fsp3) is 0.429. The molecule has 0 saturated heterocycles. The van der Waals surface area contributed by atoms with Crippen molar-refractivity contribution in [1.29, 1.82) is 0 Å². The third kappa shape index (κ3) is 3.43. The van der Waals surface area contributed by atoms with Crippen molar-refractivity contribution in [2.24, 2.45) is 5.92 Å². The first kappa shape index (κ1) is 13.3. The van der Waals surface area contributed by atoms with Crippen LogP contribution in [0, 0.1) is 12.8 Å². The summed E-state index contributed by atoms with van der Waals surface area (Å²) >= 11 is 0. The molecule has 1 aliphatic heterocycles. The highest BCUT2D eigenvalue weighted by Gasteiger charge is 2.16. The van der Waals surface area contributed by atoms with Crippen LogP contribution in [0.5, 0.6) is 0 Å². The van der Waals surface area contributed by atoms with Crippen LogP contribution in [0.2, 0.25) is 0 Å². The molecule has 0 saturated carbocycles. The van der Waals surface area contributed by atoms with Crippen molar-refractivity contribution in [1.82, 2.24) is 0 Å². The first-order valence-electron chi connectivity index (χ1n) is 6.07. The van der Waals surface area contributed by atoms with E-state index in [0.717, 1.165) is 22.6 Å². The van der Waals surface area contributed by atoms with Crippen LogP contribution in [0.25, 0.3) is 0 Å². The van der Waals surface area contributed by atoms with E-state index in [1.807, 2.05) is 37.3 Å². The van der Waals surface area contributed by atoms with E-state index < -0.39 is 10.8 Å². The summed E-state index contributed by atoms with van der Waals surface area (Å²) < 4.78 is 17.6. The van der Waals surface area contributed by atoms with E-state index in [2.05, 4.69) is 0 Å². The summed E-state index contributed by atoms with van der Waals surface area (Å²) in [4.78, 5) is 0.828. The number of benzene rings is 1. The van der Waals surface area contributed by atoms with E-state index in [0.29, 0.717) is 12.4 Å². The number of allylic oxidation sites excluding steroid dienone is 1. The molecule has 0 aromatic heterocycles. The molecule has 0 unspecified atom stereocenters. The van der Waals surface area contributed by atoms with E-state index >= 15 is 0 Å². The molecular formula is C14H18O3S. The zero-order chi connectivity index (χ0) is 13.0. The lowest BCUT2D eigenvalue weighted by atomic mass is 10.1. The van der Waals surface area contributed by atoms with Crippen LogP contribution < -0.4 is 0 Å². The van der Waals surface area contributed by atoms with E-state index in [1.54, 1.807) is 0 Å². The average molecular weight is 266 g/mol. The fourth-order valence-electron chi connectivity index (χ4n) is 1.78. The summed E-state index contributed by atoms with van der Waals surface area (Å²) in [6.07, 6.45) is 2.74. The highest BCUT2D eigenvalue weighted by molar-refractivity contribution is 7.85. The molecule has 0 amide bonds. The lowest BCUT2D eigenvalue weighted by Gasteiger charge is -2.21. The maximum atomic E-state index is 12.1. The van der Waals surface area contributed by atoms with Crippen LogP contribution in [0.15, 0.2) is 41.0 Å². The van der Waals surface area contributed by atoms with Crippen LogP contribution in [0.4, 0.5) is 0 Å². The van der Waals surface area contributed by atoms with Gasteiger partial charge < -0.3 is 9.84 Å². The van der Waals surface area contributed by atoms with E-state index in [-0.39, 0.29) is 12.5 Å². The molecule has 0 radical (unpaired) electrons. The Balaban J connectivity index is 1.96. The smallest absolute Gasteiger partial charge is 0.105 e. The maximum Gasteiger partial charge on any atom is 0.105 e. The number of ether oxygens (including phenoxy) is 1. The van der Waals surface area contributed by atoms with E-state index in [1.165, 1.54) is 0 Å². The SMILES string of the molecule is Cc1ccc([S@](=O)CC2=CC[C@@H](CO)CO2)cc1. The zero-order valence-corrected chi connectivity index (χ0v) is 11.3. The summed E-state index contributed by atoms with van der Waals surface area (Å²) in [5.74, 6) is 1.38. The Labute approximate surface area is 110 Å². The van der Waals surface area contributed by atoms with Crippen LogP contribution in [0.3, 0.4) is 0 Å². The lowest BCUT2D eigenvalue weighted by molar-refractivity contribution is 0.105. The maximum absolute atomic E-state index is 12.1. The van der Waals surface area contributed by atoms with Crippen molar-refractivity contribution in [3.63, 3.8) is 0 Å². The Morgan fingerprint density at radius 3 is 2.67 bits per heavy atom. The van der Waals surface area contributed by atoms with Crippen molar-refractivity contribution in [2.45, 2.75) is 18.2 Å². The molecule has 1 aromatic rings. The van der Waals surface area contributed by atoms with Crippen LogP contribution >= 0.6 is 0 Å². The van der Waals surface area contributed by atoms with E-state index in [9.17, 15) is 4.21 Å². The fourth-order valence-corrected chi connectivity index (χ4v) is 2.85. The van der Waals surface area contributed by atoms with Crippen molar-refractivity contribution < 1.29 is 14.1 Å². The summed E-state index contributed by atoms with van der Waals surface area (Å²) in [7, 11) is -1.06. The van der Waals surface area contributed by atoms with Gasteiger partial charge in [0.15, 0.2) is 0 Å². The largest absolute Gasteiger partial charge is 0.497 e. The van der Waals surface area contributed by atoms with Crippen molar-refractivity contribution >= 4 is 10.8 Å². The molecule has 0 bridgehead atoms. The van der Waals surface area contributed by atoms with Gasteiger partial charge in [-0.2, -0.15) is 0 Å². The van der Waals surface area contributed by atoms with Gasteiger partial charge in [0.25, 0.3) is 0 Å². The van der Waals surface area contributed by atoms with Gasteiger partial charge in [-0.1, -0.05) is 17.7 Å². The van der Waals surface area contributed by atoms with Gasteiger partial charge in [0.2, 0.25) is 0 Å². The summed E-state index contributed by atoms with van der Waals surface area (Å²) in [5, 5.41) is 8.99. The van der Waals surface area contributed by atoms with Crippen molar-refractivity contribution in [2.75, 3.05) is 19.0 Å². The molecule has 1 heterocycles. The van der Waals surface area contributed by atoms with Crippen LogP contribution in [0.1, 0.15) is 12.0 Å². The standard InChI is InChI=1S/C14H18O3S/c1-11-2-6-14(7-3-11)18(16)10-13-5-4-12(8-15)9-17-13/h2-3,5-7,12,15H,4,8-10H2,1H3/t12-,18+/m0/s1. The molecular weight excluding hydrogens is 248 g/mol. The Morgan fingerprint density at radius 1 is 1.39 bits per heavy atom. The van der Waals surface area contributed by atoms with Crippen molar-refractivity contribution in [3.05, 3.63) is 41.7 Å². The van der Waals surface area contributed by atoms with Crippen molar-refractivity contribution in [3.8, 4) is 0 Å². The molecule has 0 fully saturated rings. The second-order valence-electron chi connectivity index (χ2n) is 4.57. The molecule has 18 heavy (non-hydrogen) atoms. The van der Waals surface area contributed by atoms with Gasteiger partial charge in [-0.05, 0) is 31.6 Å². The second-order valence-corrected chi connectivity index (χ2v) is 6.02. The first-order valence-corrected chi connectivity index (χ1v) is 7.38. The Hall–Kier alpha value is -1.13. The summed E-state index contributed by atoms with van der Waals surface area (Å²) in [5.41, 5.74) is 1.16. The van der Waals surface area contributed by atoms with Gasteiger partial charge in [0, 0.05) is 17.4 Å². The normalized spacial score (nSPS) is 21.0. The van der Waals surface area contributed by atoms with Gasteiger partial charge in [0.1, 0.15) is 5.76 Å². The van der Waals surface area contributed by atoms with Gasteiger partial charge in [-0.3, -0.25) is 4.21 Å². The average Bonchev–Trinajstić information content (AvgIpc) is 2.40. The van der Waals surface area contributed by atoms with Gasteiger partial charge in [-0.15, -0.1) is 0 Å². The van der Waals surface area contributed by atoms with Gasteiger partial charge in [0.05, 0.1) is 23.2 Å². The zero-order valence-electron chi connectivity index (χ0n) is 10.5. The minimum absolute atomic E-state index is 0.144. The van der Waals surface area contributed by atoms with Crippen LogP contribution in [-0.4, -0.2) is 28.3 Å². The molecule has 2 rings (SSSR count). The molecule has 98 valence electrons. The Kier molecular flexibility index (Phi) is 4.55. The number of aliphatic hydroxyl groups is 1. The Bertz CT molecular complexity index is 451. The molecule has 1 aromatic carbocycles. The quantitative estimate of drug-likeness (QED) is 0.907. The summed E-state index contributed by atoms with van der Waals surface area (Å²) in [6, 6.07) is 7.72.